The van der Waals surface area contributed by atoms with Gasteiger partial charge in [-0.3, -0.25) is 0 Å². The lowest BCUT2D eigenvalue weighted by Crippen LogP contribution is -2.34. The second-order valence-corrected chi connectivity index (χ2v) is 5.83. The van der Waals surface area contributed by atoms with Gasteiger partial charge in [0.1, 0.15) is 0 Å². The van der Waals surface area contributed by atoms with Crippen LogP contribution in [0.1, 0.15) is 18.4 Å². The van der Waals surface area contributed by atoms with Gasteiger partial charge in [-0.2, -0.15) is 0 Å². The van der Waals surface area contributed by atoms with Crippen LogP contribution in [0.4, 0.5) is 5.69 Å². The van der Waals surface area contributed by atoms with Gasteiger partial charge in [0.25, 0.3) is 0 Å². The molecule has 0 amide bonds. The van der Waals surface area contributed by atoms with Crippen LogP contribution in [0.15, 0.2) is 24.3 Å². The van der Waals surface area contributed by atoms with Gasteiger partial charge >= 0.3 is 0 Å². The fourth-order valence-corrected chi connectivity index (χ4v) is 2.64. The van der Waals surface area contributed by atoms with Gasteiger partial charge in [0, 0.05) is 31.9 Å². The number of rotatable bonds is 7. The molecule has 104 valence electrons. The first kappa shape index (κ1) is 12.9. The van der Waals surface area contributed by atoms with E-state index in [2.05, 4.69) is 34.9 Å². The highest BCUT2D eigenvalue weighted by molar-refractivity contribution is 5.53. The van der Waals surface area contributed by atoms with Crippen LogP contribution in [-0.4, -0.2) is 32.8 Å². The van der Waals surface area contributed by atoms with Gasteiger partial charge < -0.3 is 15.4 Å². The molecule has 3 heteroatoms. The van der Waals surface area contributed by atoms with Crippen molar-refractivity contribution in [2.45, 2.75) is 19.3 Å². The number of benzene rings is 1. The van der Waals surface area contributed by atoms with E-state index in [4.69, 9.17) is 4.74 Å². The lowest BCUT2D eigenvalue weighted by atomic mass is 9.94. The SMILES string of the molecule is c1ccc2c(c1)CC(CNCCOCC1CC1)CN2. The predicted octanol–water partition coefficient (Wildman–Crippen LogP) is 2.29. The minimum atomic E-state index is 0.693. The molecule has 1 fully saturated rings. The molecule has 1 atom stereocenters. The summed E-state index contributed by atoms with van der Waals surface area (Å²) in [6.07, 6.45) is 3.93. The van der Waals surface area contributed by atoms with Crippen molar-refractivity contribution in [2.24, 2.45) is 11.8 Å². The summed E-state index contributed by atoms with van der Waals surface area (Å²) in [5.41, 5.74) is 2.76. The van der Waals surface area contributed by atoms with Gasteiger partial charge in [0.2, 0.25) is 0 Å². The number of hydrogen-bond acceptors (Lipinski definition) is 3. The molecule has 1 saturated carbocycles. The lowest BCUT2D eigenvalue weighted by molar-refractivity contribution is 0.125. The minimum Gasteiger partial charge on any atom is -0.384 e. The molecule has 0 aromatic heterocycles. The first-order valence-electron chi connectivity index (χ1n) is 7.52. The maximum Gasteiger partial charge on any atom is 0.0591 e. The maximum absolute atomic E-state index is 5.63. The molecule has 2 N–H and O–H groups in total. The monoisotopic (exact) mass is 260 g/mol. The fourth-order valence-electron chi connectivity index (χ4n) is 2.64. The zero-order valence-corrected chi connectivity index (χ0v) is 11.5. The molecule has 19 heavy (non-hydrogen) atoms. The first-order chi connectivity index (χ1) is 9.42. The van der Waals surface area contributed by atoms with Gasteiger partial charge in [0.05, 0.1) is 6.61 Å². The lowest BCUT2D eigenvalue weighted by Gasteiger charge is -2.26. The molecule has 1 aliphatic heterocycles. The van der Waals surface area contributed by atoms with Gasteiger partial charge in [0.15, 0.2) is 0 Å². The van der Waals surface area contributed by atoms with Crippen LogP contribution in [0.25, 0.3) is 0 Å². The molecule has 1 heterocycles. The Hall–Kier alpha value is -1.06. The highest BCUT2D eigenvalue weighted by atomic mass is 16.5. The summed E-state index contributed by atoms with van der Waals surface area (Å²) in [7, 11) is 0. The summed E-state index contributed by atoms with van der Waals surface area (Å²) in [4.78, 5) is 0. The quantitative estimate of drug-likeness (QED) is 0.738. The van der Waals surface area contributed by atoms with Crippen molar-refractivity contribution in [3.8, 4) is 0 Å². The molecule has 1 unspecified atom stereocenters. The van der Waals surface area contributed by atoms with Crippen LogP contribution in [0.5, 0.6) is 0 Å². The Bertz CT molecular complexity index is 403. The van der Waals surface area contributed by atoms with E-state index in [1.165, 1.54) is 30.5 Å². The number of para-hydroxylation sites is 1. The number of nitrogens with one attached hydrogen (secondary N) is 2. The molecule has 3 nitrogen and oxygen atoms in total. The third-order valence-electron chi connectivity index (χ3n) is 4.01. The molecule has 0 bridgehead atoms. The number of fused-ring (bicyclic) bond motifs is 1. The number of anilines is 1. The van der Waals surface area contributed by atoms with E-state index in [0.29, 0.717) is 5.92 Å². The highest BCUT2D eigenvalue weighted by Crippen LogP contribution is 2.28. The minimum absolute atomic E-state index is 0.693. The van der Waals surface area contributed by atoms with E-state index in [-0.39, 0.29) is 0 Å². The van der Waals surface area contributed by atoms with Crippen LogP contribution in [0, 0.1) is 11.8 Å². The smallest absolute Gasteiger partial charge is 0.0591 e. The molecule has 0 spiro atoms. The number of ether oxygens (including phenoxy) is 1. The van der Waals surface area contributed by atoms with Crippen LogP contribution in [-0.2, 0) is 11.2 Å². The molecular weight excluding hydrogens is 236 g/mol. The topological polar surface area (TPSA) is 33.3 Å². The highest BCUT2D eigenvalue weighted by Gasteiger charge is 2.21. The van der Waals surface area contributed by atoms with Crippen LogP contribution >= 0.6 is 0 Å². The standard InChI is InChI=1S/C16H24N2O/c1-2-4-16-15(3-1)9-14(11-18-16)10-17-7-8-19-12-13-5-6-13/h1-4,13-14,17-18H,5-12H2. The normalized spacial score (nSPS) is 21.8. The van der Waals surface area contributed by atoms with Gasteiger partial charge in [-0.15, -0.1) is 0 Å². The average Bonchev–Trinajstić information content (AvgIpc) is 3.27. The van der Waals surface area contributed by atoms with Crippen LogP contribution in [0.3, 0.4) is 0 Å². The third kappa shape index (κ3) is 3.95. The van der Waals surface area contributed by atoms with E-state index in [0.717, 1.165) is 38.8 Å². The van der Waals surface area contributed by atoms with E-state index in [1.807, 2.05) is 0 Å². The molecule has 1 aromatic carbocycles. The van der Waals surface area contributed by atoms with Crippen molar-refractivity contribution in [2.75, 3.05) is 38.2 Å². The predicted molar refractivity (Wildman–Crippen MR) is 78.5 cm³/mol. The van der Waals surface area contributed by atoms with Crippen LogP contribution in [0.2, 0.25) is 0 Å². The Kier molecular flexibility index (Phi) is 4.36. The Morgan fingerprint density at radius 2 is 2.11 bits per heavy atom. The van der Waals surface area contributed by atoms with Gasteiger partial charge in [-0.25, -0.2) is 0 Å². The van der Waals surface area contributed by atoms with E-state index < -0.39 is 0 Å². The summed E-state index contributed by atoms with van der Waals surface area (Å²) in [6.45, 7) is 4.96. The Morgan fingerprint density at radius 1 is 1.21 bits per heavy atom. The van der Waals surface area contributed by atoms with Gasteiger partial charge in [-0.05, 0) is 42.7 Å². The second kappa shape index (κ2) is 6.40. The fraction of sp³-hybridized carbons (Fsp3) is 0.625. The third-order valence-corrected chi connectivity index (χ3v) is 4.01. The zero-order valence-electron chi connectivity index (χ0n) is 11.5. The van der Waals surface area contributed by atoms with Crippen molar-refractivity contribution >= 4 is 5.69 Å². The van der Waals surface area contributed by atoms with E-state index in [1.54, 1.807) is 0 Å². The Balaban J connectivity index is 1.31. The summed E-state index contributed by atoms with van der Waals surface area (Å²) in [5.74, 6) is 1.57. The molecule has 0 radical (unpaired) electrons. The van der Waals surface area contributed by atoms with Crippen molar-refractivity contribution < 1.29 is 4.74 Å². The van der Waals surface area contributed by atoms with Crippen molar-refractivity contribution in [3.05, 3.63) is 29.8 Å². The molecule has 0 saturated heterocycles. The molecule has 1 aromatic rings. The summed E-state index contributed by atoms with van der Waals surface area (Å²) < 4.78 is 5.63. The van der Waals surface area contributed by atoms with Gasteiger partial charge in [-0.1, -0.05) is 18.2 Å². The zero-order chi connectivity index (χ0) is 12.9. The number of hydrogen-bond donors (Lipinski definition) is 2. The van der Waals surface area contributed by atoms with Crippen molar-refractivity contribution in [1.29, 1.82) is 0 Å². The van der Waals surface area contributed by atoms with E-state index in [9.17, 15) is 0 Å². The van der Waals surface area contributed by atoms with Crippen molar-refractivity contribution in [3.63, 3.8) is 0 Å². The largest absolute Gasteiger partial charge is 0.384 e. The Labute approximate surface area is 115 Å². The summed E-state index contributed by atoms with van der Waals surface area (Å²) in [5, 5.41) is 7.03. The summed E-state index contributed by atoms with van der Waals surface area (Å²) in [6, 6.07) is 8.63. The second-order valence-electron chi connectivity index (χ2n) is 5.83. The average molecular weight is 260 g/mol. The first-order valence-corrected chi connectivity index (χ1v) is 7.52. The summed E-state index contributed by atoms with van der Waals surface area (Å²) >= 11 is 0. The molecular formula is C16H24N2O. The molecule has 1 aliphatic carbocycles. The van der Waals surface area contributed by atoms with Crippen LogP contribution < -0.4 is 10.6 Å². The maximum atomic E-state index is 5.63. The van der Waals surface area contributed by atoms with E-state index >= 15 is 0 Å². The molecule has 3 rings (SSSR count). The van der Waals surface area contributed by atoms with Crippen molar-refractivity contribution in [1.82, 2.24) is 5.32 Å². The Morgan fingerprint density at radius 3 is 3.00 bits per heavy atom. The molecule has 2 aliphatic rings.